The third-order valence-electron chi connectivity index (χ3n) is 6.42. The van der Waals surface area contributed by atoms with Crippen LogP contribution in [0.25, 0.3) is 5.57 Å². The van der Waals surface area contributed by atoms with Crippen LogP contribution in [-0.4, -0.2) is 65.2 Å². The first kappa shape index (κ1) is 22.2. The maximum Gasteiger partial charge on any atom is 0.335 e. The molecular weight excluding hydrogens is 404 g/mol. The minimum atomic E-state index is -0.915. The van der Waals surface area contributed by atoms with Crippen LogP contribution >= 0.6 is 0 Å². The van der Waals surface area contributed by atoms with Gasteiger partial charge in [-0.15, -0.1) is 0 Å². The largest absolute Gasteiger partial charge is 0.478 e. The minimum absolute atomic E-state index is 0.0807. The van der Waals surface area contributed by atoms with Crippen LogP contribution in [-0.2, 0) is 11.3 Å². The van der Waals surface area contributed by atoms with Crippen LogP contribution in [0.15, 0.2) is 54.6 Å². The van der Waals surface area contributed by atoms with Crippen LogP contribution < -0.4 is 0 Å². The molecule has 0 unspecified atom stereocenters. The summed E-state index contributed by atoms with van der Waals surface area (Å²) in [6.45, 7) is 7.63. The zero-order chi connectivity index (χ0) is 22.7. The predicted octanol–water partition coefficient (Wildman–Crippen LogP) is 3.92. The second-order valence-corrected chi connectivity index (χ2v) is 8.68. The molecule has 6 heteroatoms. The summed E-state index contributed by atoms with van der Waals surface area (Å²) >= 11 is 0. The van der Waals surface area contributed by atoms with Crippen molar-refractivity contribution in [3.05, 3.63) is 76.9 Å². The predicted molar refractivity (Wildman–Crippen MR) is 124 cm³/mol. The maximum absolute atomic E-state index is 13.5. The van der Waals surface area contributed by atoms with E-state index >= 15 is 0 Å². The van der Waals surface area contributed by atoms with Gasteiger partial charge in [0.15, 0.2) is 0 Å². The van der Waals surface area contributed by atoms with E-state index in [0.29, 0.717) is 31.9 Å². The lowest BCUT2D eigenvalue weighted by Crippen LogP contribution is -2.57. The fourth-order valence-corrected chi connectivity index (χ4v) is 4.69. The zero-order valence-corrected chi connectivity index (χ0v) is 18.7. The van der Waals surface area contributed by atoms with Gasteiger partial charge in [-0.1, -0.05) is 36.4 Å². The average molecular weight is 435 g/mol. The highest BCUT2D eigenvalue weighted by Crippen LogP contribution is 2.27. The van der Waals surface area contributed by atoms with Crippen molar-refractivity contribution in [3.63, 3.8) is 0 Å². The summed E-state index contributed by atoms with van der Waals surface area (Å²) < 4.78 is 5.44. The number of aromatic carboxylic acids is 1. The number of rotatable bonds is 5. The summed E-state index contributed by atoms with van der Waals surface area (Å²) in [6.07, 6.45) is 2.90. The second kappa shape index (κ2) is 9.67. The first-order valence-corrected chi connectivity index (χ1v) is 11.2. The Morgan fingerprint density at radius 2 is 1.72 bits per heavy atom. The molecule has 2 atom stereocenters. The number of piperazine rings is 1. The zero-order valence-electron chi connectivity index (χ0n) is 18.7. The Morgan fingerprint density at radius 1 is 1.03 bits per heavy atom. The summed E-state index contributed by atoms with van der Waals surface area (Å²) in [5, 5.41) is 9.10. The van der Waals surface area contributed by atoms with E-state index in [0.717, 1.165) is 29.7 Å². The first-order chi connectivity index (χ1) is 15.4. The van der Waals surface area contributed by atoms with Gasteiger partial charge >= 0.3 is 5.97 Å². The summed E-state index contributed by atoms with van der Waals surface area (Å²) in [5.74, 6) is -0.834. The fraction of sp³-hybridized carbons (Fsp3) is 0.385. The van der Waals surface area contributed by atoms with Gasteiger partial charge in [-0.2, -0.15) is 0 Å². The quantitative estimate of drug-likeness (QED) is 0.772. The van der Waals surface area contributed by atoms with Crippen LogP contribution in [0.3, 0.4) is 0 Å². The lowest BCUT2D eigenvalue weighted by atomic mass is 9.95. The second-order valence-electron chi connectivity index (χ2n) is 8.68. The van der Waals surface area contributed by atoms with E-state index in [2.05, 4.69) is 24.8 Å². The summed E-state index contributed by atoms with van der Waals surface area (Å²) in [6, 6.07) is 15.3. The van der Waals surface area contributed by atoms with Gasteiger partial charge in [-0.05, 0) is 55.2 Å². The summed E-state index contributed by atoms with van der Waals surface area (Å²) in [4.78, 5) is 29.0. The molecule has 0 aromatic heterocycles. The van der Waals surface area contributed by atoms with Crippen LogP contribution in [0.5, 0.6) is 0 Å². The average Bonchev–Trinajstić information content (AvgIpc) is 2.81. The van der Waals surface area contributed by atoms with E-state index < -0.39 is 5.97 Å². The van der Waals surface area contributed by atoms with E-state index in [1.54, 1.807) is 12.1 Å². The highest BCUT2D eigenvalue weighted by atomic mass is 16.5. The monoisotopic (exact) mass is 434 g/mol. The highest BCUT2D eigenvalue weighted by Gasteiger charge is 2.33. The Balaban J connectivity index is 1.47. The van der Waals surface area contributed by atoms with Crippen molar-refractivity contribution < 1.29 is 19.4 Å². The van der Waals surface area contributed by atoms with Gasteiger partial charge in [0.05, 0.1) is 18.8 Å². The minimum Gasteiger partial charge on any atom is -0.478 e. The molecular formula is C26H30N2O4. The third kappa shape index (κ3) is 4.76. The molecule has 2 aliphatic rings. The van der Waals surface area contributed by atoms with Gasteiger partial charge in [-0.3, -0.25) is 9.69 Å². The molecule has 32 heavy (non-hydrogen) atoms. The molecule has 0 spiro atoms. The number of carbonyl (C=O) groups is 2. The SMILES string of the molecule is C[C@@H]1CN(C(=O)c2ccccc2C2=CCOCC2)C[C@H](C)N1Cc1ccc(C(=O)O)cc1. The molecule has 1 saturated heterocycles. The molecule has 0 aliphatic carbocycles. The molecule has 2 heterocycles. The standard InChI is InChI=1S/C26H30N2O4/c1-18-15-27(16-19(2)28(18)17-20-7-9-22(10-8-20)26(30)31)25(29)24-6-4-3-5-23(24)21-11-13-32-14-12-21/h3-11,18-19H,12-17H2,1-2H3,(H,30,31)/t18-,19+. The van der Waals surface area contributed by atoms with Crippen molar-refractivity contribution in [2.24, 2.45) is 0 Å². The number of hydrogen-bond donors (Lipinski definition) is 1. The van der Waals surface area contributed by atoms with Gasteiger partial charge in [0, 0.05) is 37.3 Å². The molecule has 2 aromatic carbocycles. The number of amides is 1. The molecule has 0 saturated carbocycles. The Hall–Kier alpha value is -2.96. The molecule has 2 aliphatic heterocycles. The van der Waals surface area contributed by atoms with Crippen molar-refractivity contribution in [3.8, 4) is 0 Å². The van der Waals surface area contributed by atoms with Crippen molar-refractivity contribution in [2.45, 2.75) is 38.9 Å². The lowest BCUT2D eigenvalue weighted by molar-refractivity contribution is 0.0269. The van der Waals surface area contributed by atoms with Crippen LogP contribution in [0, 0.1) is 0 Å². The van der Waals surface area contributed by atoms with E-state index in [1.807, 2.05) is 41.3 Å². The molecule has 0 radical (unpaired) electrons. The Morgan fingerprint density at radius 3 is 2.34 bits per heavy atom. The van der Waals surface area contributed by atoms with Crippen molar-refractivity contribution in [1.29, 1.82) is 0 Å². The van der Waals surface area contributed by atoms with Gasteiger partial charge in [0.1, 0.15) is 0 Å². The number of carboxylic acid groups (broad SMARTS) is 1. The van der Waals surface area contributed by atoms with E-state index in [1.165, 1.54) is 5.57 Å². The van der Waals surface area contributed by atoms with Gasteiger partial charge in [-0.25, -0.2) is 4.79 Å². The number of ether oxygens (including phenoxy) is 1. The molecule has 2 aromatic rings. The third-order valence-corrected chi connectivity index (χ3v) is 6.42. The molecule has 1 amide bonds. The van der Waals surface area contributed by atoms with Crippen molar-refractivity contribution in [2.75, 3.05) is 26.3 Å². The fourth-order valence-electron chi connectivity index (χ4n) is 4.69. The molecule has 4 rings (SSSR count). The van der Waals surface area contributed by atoms with Crippen molar-refractivity contribution in [1.82, 2.24) is 9.80 Å². The van der Waals surface area contributed by atoms with Gasteiger partial charge in [0.2, 0.25) is 0 Å². The molecule has 168 valence electrons. The highest BCUT2D eigenvalue weighted by molar-refractivity contribution is 5.99. The number of carboxylic acids is 1. The summed E-state index contributed by atoms with van der Waals surface area (Å²) in [5.41, 5.74) is 4.33. The number of hydrogen-bond acceptors (Lipinski definition) is 4. The van der Waals surface area contributed by atoms with E-state index in [9.17, 15) is 9.59 Å². The topological polar surface area (TPSA) is 70.1 Å². The normalized spacial score (nSPS) is 21.8. The van der Waals surface area contributed by atoms with Gasteiger partial charge in [0.25, 0.3) is 5.91 Å². The van der Waals surface area contributed by atoms with Crippen molar-refractivity contribution >= 4 is 17.4 Å². The number of carbonyl (C=O) groups excluding carboxylic acids is 1. The smallest absolute Gasteiger partial charge is 0.335 e. The summed E-state index contributed by atoms with van der Waals surface area (Å²) in [7, 11) is 0. The van der Waals surface area contributed by atoms with Crippen LogP contribution in [0.1, 0.15) is 52.1 Å². The Labute approximate surface area is 189 Å². The lowest BCUT2D eigenvalue weighted by Gasteiger charge is -2.44. The first-order valence-electron chi connectivity index (χ1n) is 11.2. The van der Waals surface area contributed by atoms with E-state index in [4.69, 9.17) is 9.84 Å². The maximum atomic E-state index is 13.5. The number of benzene rings is 2. The van der Waals surface area contributed by atoms with E-state index in [-0.39, 0.29) is 18.0 Å². The van der Waals surface area contributed by atoms with Crippen LogP contribution in [0.2, 0.25) is 0 Å². The Bertz CT molecular complexity index is 1000. The number of nitrogens with zero attached hydrogens (tertiary/aromatic N) is 2. The molecule has 1 fully saturated rings. The van der Waals surface area contributed by atoms with Gasteiger partial charge < -0.3 is 14.7 Å². The molecule has 0 bridgehead atoms. The molecule has 6 nitrogen and oxygen atoms in total. The Kier molecular flexibility index (Phi) is 6.72. The molecule has 1 N–H and O–H groups in total. The van der Waals surface area contributed by atoms with Crippen LogP contribution in [0.4, 0.5) is 0 Å².